The molecule has 0 amide bonds. The minimum atomic E-state index is -1.06. The molecular weight excluding hydrogens is 239 g/mol. The van der Waals surface area contributed by atoms with Gasteiger partial charge < -0.3 is 5.11 Å². The summed E-state index contributed by atoms with van der Waals surface area (Å²) >= 11 is 0. The lowest BCUT2D eigenvalue weighted by Crippen LogP contribution is -2.27. The Balaban J connectivity index is 2.17. The molecule has 2 aromatic carbocycles. The Bertz CT molecular complexity index is 593. The van der Waals surface area contributed by atoms with Crippen LogP contribution in [0.25, 0.3) is 0 Å². The molecule has 0 spiro atoms. The Morgan fingerprint density at radius 1 is 1.00 bits per heavy atom. The number of aryl methyl sites for hydroxylation is 1. The van der Waals surface area contributed by atoms with Crippen LogP contribution in [0.1, 0.15) is 36.0 Å². The molecule has 2 heteroatoms. The summed E-state index contributed by atoms with van der Waals surface area (Å²) in [6, 6.07) is 14.3. The second-order valence-electron chi connectivity index (χ2n) is 5.23. The summed E-state index contributed by atoms with van der Waals surface area (Å²) in [6.45, 7) is 0. The number of halogens is 1. The van der Waals surface area contributed by atoms with Gasteiger partial charge in [0.1, 0.15) is 11.4 Å². The molecular formula is C17H17FO. The third-order valence-electron chi connectivity index (χ3n) is 4.00. The molecule has 0 heterocycles. The third-order valence-corrected chi connectivity index (χ3v) is 4.00. The van der Waals surface area contributed by atoms with E-state index in [1.54, 1.807) is 6.07 Å². The minimum Gasteiger partial charge on any atom is -0.380 e. The number of benzene rings is 2. The van der Waals surface area contributed by atoms with Crippen LogP contribution in [0.3, 0.4) is 0 Å². The summed E-state index contributed by atoms with van der Waals surface area (Å²) in [7, 11) is 0. The van der Waals surface area contributed by atoms with Gasteiger partial charge in [0, 0.05) is 0 Å². The second-order valence-corrected chi connectivity index (χ2v) is 5.23. The van der Waals surface area contributed by atoms with Gasteiger partial charge in [-0.2, -0.15) is 0 Å². The van der Waals surface area contributed by atoms with Gasteiger partial charge in [0.15, 0.2) is 0 Å². The lowest BCUT2D eigenvalue weighted by Gasteiger charge is -2.29. The Morgan fingerprint density at radius 2 is 1.84 bits per heavy atom. The van der Waals surface area contributed by atoms with Crippen LogP contribution in [-0.4, -0.2) is 5.11 Å². The average molecular weight is 256 g/mol. The summed E-state index contributed by atoms with van der Waals surface area (Å²) in [5, 5.41) is 11.1. The van der Waals surface area contributed by atoms with Crippen LogP contribution in [-0.2, 0) is 12.0 Å². The maximum atomic E-state index is 13.5. The second kappa shape index (κ2) is 4.78. The van der Waals surface area contributed by atoms with E-state index in [0.717, 1.165) is 24.8 Å². The van der Waals surface area contributed by atoms with Gasteiger partial charge >= 0.3 is 0 Å². The monoisotopic (exact) mass is 256 g/mol. The molecule has 0 saturated carbocycles. The van der Waals surface area contributed by atoms with E-state index in [2.05, 4.69) is 6.07 Å². The highest BCUT2D eigenvalue weighted by atomic mass is 19.1. The van der Waals surface area contributed by atoms with Gasteiger partial charge in [-0.25, -0.2) is 4.39 Å². The summed E-state index contributed by atoms with van der Waals surface area (Å²) < 4.78 is 13.5. The predicted octanol–water partition coefficient (Wildman–Crippen LogP) is 3.79. The Kier molecular flexibility index (Phi) is 3.11. The zero-order chi connectivity index (χ0) is 13.3. The molecule has 1 aliphatic rings. The van der Waals surface area contributed by atoms with E-state index in [-0.39, 0.29) is 5.82 Å². The van der Waals surface area contributed by atoms with Gasteiger partial charge in [-0.3, -0.25) is 0 Å². The van der Waals surface area contributed by atoms with Crippen LogP contribution < -0.4 is 0 Å². The zero-order valence-electron chi connectivity index (χ0n) is 10.8. The molecule has 1 N–H and O–H groups in total. The number of hydrogen-bond donors (Lipinski definition) is 1. The topological polar surface area (TPSA) is 20.2 Å². The SMILES string of the molecule is OC1(c2cccc(F)c2)CCCCc2ccccc21. The van der Waals surface area contributed by atoms with Crippen molar-refractivity contribution in [2.45, 2.75) is 31.3 Å². The van der Waals surface area contributed by atoms with E-state index < -0.39 is 5.60 Å². The summed E-state index contributed by atoms with van der Waals surface area (Å²) in [5.41, 5.74) is 1.70. The van der Waals surface area contributed by atoms with Crippen molar-refractivity contribution in [3.8, 4) is 0 Å². The van der Waals surface area contributed by atoms with Crippen LogP contribution in [0.15, 0.2) is 48.5 Å². The first-order valence-corrected chi connectivity index (χ1v) is 6.77. The highest BCUT2D eigenvalue weighted by molar-refractivity contribution is 5.42. The molecule has 0 fully saturated rings. The minimum absolute atomic E-state index is 0.298. The van der Waals surface area contributed by atoms with Crippen molar-refractivity contribution in [3.05, 3.63) is 71.0 Å². The van der Waals surface area contributed by atoms with Crippen LogP contribution in [0.2, 0.25) is 0 Å². The van der Waals surface area contributed by atoms with E-state index in [4.69, 9.17) is 0 Å². The van der Waals surface area contributed by atoms with Crippen LogP contribution in [0.5, 0.6) is 0 Å². The molecule has 1 atom stereocenters. The smallest absolute Gasteiger partial charge is 0.123 e. The van der Waals surface area contributed by atoms with Gasteiger partial charge in [0.05, 0.1) is 0 Å². The fourth-order valence-corrected chi connectivity index (χ4v) is 3.02. The predicted molar refractivity (Wildman–Crippen MR) is 73.4 cm³/mol. The van der Waals surface area contributed by atoms with Gasteiger partial charge in [-0.1, -0.05) is 36.4 Å². The molecule has 1 nitrogen and oxygen atoms in total. The van der Waals surface area contributed by atoms with E-state index >= 15 is 0 Å². The first kappa shape index (κ1) is 12.4. The molecule has 3 rings (SSSR count). The Hall–Kier alpha value is -1.67. The summed E-state index contributed by atoms with van der Waals surface area (Å²) in [4.78, 5) is 0. The van der Waals surface area contributed by atoms with Crippen LogP contribution in [0, 0.1) is 5.82 Å². The van der Waals surface area contributed by atoms with Crippen molar-refractivity contribution in [2.24, 2.45) is 0 Å². The van der Waals surface area contributed by atoms with E-state index in [1.807, 2.05) is 24.3 Å². The summed E-state index contributed by atoms with van der Waals surface area (Å²) in [5.74, 6) is -0.298. The number of fused-ring (bicyclic) bond motifs is 1. The maximum Gasteiger partial charge on any atom is 0.123 e. The van der Waals surface area contributed by atoms with Crippen molar-refractivity contribution >= 4 is 0 Å². The molecule has 98 valence electrons. The number of rotatable bonds is 1. The lowest BCUT2D eigenvalue weighted by atomic mass is 9.82. The lowest BCUT2D eigenvalue weighted by molar-refractivity contribution is 0.0701. The molecule has 1 unspecified atom stereocenters. The van der Waals surface area contributed by atoms with Crippen LogP contribution >= 0.6 is 0 Å². The number of hydrogen-bond acceptors (Lipinski definition) is 1. The van der Waals surface area contributed by atoms with E-state index in [1.165, 1.54) is 17.7 Å². The molecule has 19 heavy (non-hydrogen) atoms. The molecule has 0 radical (unpaired) electrons. The zero-order valence-corrected chi connectivity index (χ0v) is 10.8. The van der Waals surface area contributed by atoms with Gasteiger partial charge in [-0.15, -0.1) is 0 Å². The normalized spacial score (nSPS) is 22.6. The molecule has 2 aromatic rings. The fraction of sp³-hybridized carbons (Fsp3) is 0.294. The molecule has 1 aliphatic carbocycles. The molecule has 0 saturated heterocycles. The molecule has 0 bridgehead atoms. The van der Waals surface area contributed by atoms with Crippen molar-refractivity contribution in [1.82, 2.24) is 0 Å². The maximum absolute atomic E-state index is 13.5. The van der Waals surface area contributed by atoms with Crippen molar-refractivity contribution < 1.29 is 9.50 Å². The van der Waals surface area contributed by atoms with Gasteiger partial charge in [0.25, 0.3) is 0 Å². The molecule has 0 aromatic heterocycles. The largest absolute Gasteiger partial charge is 0.380 e. The average Bonchev–Trinajstić information content (AvgIpc) is 2.60. The van der Waals surface area contributed by atoms with Crippen molar-refractivity contribution in [2.75, 3.05) is 0 Å². The summed E-state index contributed by atoms with van der Waals surface area (Å²) in [6.07, 6.45) is 3.64. The van der Waals surface area contributed by atoms with Crippen LogP contribution in [0.4, 0.5) is 4.39 Å². The Morgan fingerprint density at radius 3 is 2.68 bits per heavy atom. The van der Waals surface area contributed by atoms with Gasteiger partial charge in [-0.05, 0) is 54.5 Å². The van der Waals surface area contributed by atoms with Crippen molar-refractivity contribution in [1.29, 1.82) is 0 Å². The van der Waals surface area contributed by atoms with E-state index in [9.17, 15) is 9.50 Å². The third kappa shape index (κ3) is 2.17. The highest BCUT2D eigenvalue weighted by Crippen LogP contribution is 2.39. The number of aliphatic hydroxyl groups is 1. The quantitative estimate of drug-likeness (QED) is 0.770. The van der Waals surface area contributed by atoms with Gasteiger partial charge in [0.2, 0.25) is 0 Å². The Labute approximate surface area is 112 Å². The van der Waals surface area contributed by atoms with E-state index in [0.29, 0.717) is 12.0 Å². The van der Waals surface area contributed by atoms with Crippen molar-refractivity contribution in [3.63, 3.8) is 0 Å². The fourth-order valence-electron chi connectivity index (χ4n) is 3.02. The first-order valence-electron chi connectivity index (χ1n) is 6.77. The standard InChI is InChI=1S/C17H17FO/c18-15-9-5-8-14(12-15)17(19)11-4-3-7-13-6-1-2-10-16(13)17/h1-2,5-6,8-10,12,19H,3-4,7,11H2. The first-order chi connectivity index (χ1) is 9.20. The molecule has 0 aliphatic heterocycles. The highest BCUT2D eigenvalue weighted by Gasteiger charge is 2.34.